The molecular weight excluding hydrogens is 240 g/mol. The van der Waals surface area contributed by atoms with Crippen molar-refractivity contribution in [2.45, 2.75) is 33.0 Å². The van der Waals surface area contributed by atoms with Crippen molar-refractivity contribution in [3.63, 3.8) is 0 Å². The van der Waals surface area contributed by atoms with Crippen LogP contribution in [-0.2, 0) is 16.1 Å². The topological polar surface area (TPSA) is 46.5 Å². The summed E-state index contributed by atoms with van der Waals surface area (Å²) in [6.07, 6.45) is 2.83. The molecule has 2 atom stereocenters. The Hall–Kier alpha value is -1.45. The number of Topliss-reactive ketones (excluding diaryl/α,β-unsaturated/α-hetero) is 1. The van der Waals surface area contributed by atoms with Crippen LogP contribution in [0.3, 0.4) is 0 Å². The van der Waals surface area contributed by atoms with Crippen molar-refractivity contribution >= 4 is 5.78 Å². The molecule has 1 N–H and O–H groups in total. The Labute approximate surface area is 114 Å². The van der Waals surface area contributed by atoms with Crippen molar-refractivity contribution in [2.24, 2.45) is 5.92 Å². The molecular formula is C16H22O3. The van der Waals surface area contributed by atoms with Crippen LogP contribution in [0.2, 0.25) is 0 Å². The molecule has 0 unspecified atom stereocenters. The van der Waals surface area contributed by atoms with Crippen LogP contribution in [-0.4, -0.2) is 23.6 Å². The number of benzene rings is 1. The van der Waals surface area contributed by atoms with Crippen LogP contribution in [0.25, 0.3) is 0 Å². The molecule has 0 saturated heterocycles. The first-order valence-electron chi connectivity index (χ1n) is 6.58. The highest BCUT2D eigenvalue weighted by Gasteiger charge is 2.15. The van der Waals surface area contributed by atoms with E-state index in [1.807, 2.05) is 44.2 Å². The van der Waals surface area contributed by atoms with E-state index in [1.54, 1.807) is 12.2 Å². The van der Waals surface area contributed by atoms with E-state index in [9.17, 15) is 9.90 Å². The highest BCUT2D eigenvalue weighted by molar-refractivity contribution is 5.81. The smallest absolute Gasteiger partial charge is 0.140 e. The van der Waals surface area contributed by atoms with Crippen molar-refractivity contribution in [1.82, 2.24) is 0 Å². The van der Waals surface area contributed by atoms with Crippen molar-refractivity contribution < 1.29 is 14.6 Å². The van der Waals surface area contributed by atoms with Crippen molar-refractivity contribution in [3.8, 4) is 0 Å². The van der Waals surface area contributed by atoms with Crippen LogP contribution in [0, 0.1) is 5.92 Å². The molecule has 0 spiro atoms. The van der Waals surface area contributed by atoms with Gasteiger partial charge in [0.15, 0.2) is 0 Å². The molecule has 104 valence electrons. The van der Waals surface area contributed by atoms with Crippen molar-refractivity contribution in [3.05, 3.63) is 48.0 Å². The Balaban J connectivity index is 2.27. The lowest BCUT2D eigenvalue weighted by Crippen LogP contribution is -2.21. The van der Waals surface area contributed by atoms with E-state index in [2.05, 4.69) is 0 Å². The van der Waals surface area contributed by atoms with Crippen LogP contribution >= 0.6 is 0 Å². The number of aliphatic hydroxyl groups is 1. The molecule has 0 aliphatic carbocycles. The molecule has 0 bridgehead atoms. The molecule has 0 saturated carbocycles. The van der Waals surface area contributed by atoms with Crippen LogP contribution in [0.15, 0.2) is 42.5 Å². The highest BCUT2D eigenvalue weighted by atomic mass is 16.5. The SMILES string of the molecule is C/C=C/[C@@H](O)CC(=O)[C@H](C)COCc1ccccc1. The molecule has 0 aliphatic rings. The lowest BCUT2D eigenvalue weighted by atomic mass is 10.0. The van der Waals surface area contributed by atoms with Crippen molar-refractivity contribution in [2.75, 3.05) is 6.61 Å². The Morgan fingerprint density at radius 1 is 1.37 bits per heavy atom. The summed E-state index contributed by atoms with van der Waals surface area (Å²) in [6.45, 7) is 4.54. The molecule has 3 nitrogen and oxygen atoms in total. The lowest BCUT2D eigenvalue weighted by molar-refractivity contribution is -0.125. The van der Waals surface area contributed by atoms with E-state index >= 15 is 0 Å². The first-order chi connectivity index (χ1) is 9.13. The molecule has 0 amide bonds. The first-order valence-corrected chi connectivity index (χ1v) is 6.58. The average molecular weight is 262 g/mol. The second-order valence-electron chi connectivity index (χ2n) is 4.67. The van der Waals surface area contributed by atoms with Crippen molar-refractivity contribution in [1.29, 1.82) is 0 Å². The molecule has 0 radical (unpaired) electrons. The Morgan fingerprint density at radius 3 is 2.68 bits per heavy atom. The van der Waals surface area contributed by atoms with Gasteiger partial charge in [0, 0.05) is 12.3 Å². The molecule has 1 rings (SSSR count). The number of aliphatic hydroxyl groups excluding tert-OH is 1. The molecule has 0 aromatic heterocycles. The quantitative estimate of drug-likeness (QED) is 0.733. The lowest BCUT2D eigenvalue weighted by Gasteiger charge is -2.12. The summed E-state index contributed by atoms with van der Waals surface area (Å²) in [5.41, 5.74) is 1.09. The summed E-state index contributed by atoms with van der Waals surface area (Å²) < 4.78 is 5.52. The maximum Gasteiger partial charge on any atom is 0.140 e. The van der Waals surface area contributed by atoms with Gasteiger partial charge in [0.05, 0.1) is 19.3 Å². The fraction of sp³-hybridized carbons (Fsp3) is 0.438. The summed E-state index contributed by atoms with van der Waals surface area (Å²) in [5, 5.41) is 9.52. The number of ketones is 1. The van der Waals surface area contributed by atoms with E-state index in [1.165, 1.54) is 0 Å². The van der Waals surface area contributed by atoms with Gasteiger partial charge in [-0.15, -0.1) is 0 Å². The number of allylic oxidation sites excluding steroid dienone is 1. The Morgan fingerprint density at radius 2 is 2.05 bits per heavy atom. The molecule has 0 fully saturated rings. The van der Waals surface area contributed by atoms with E-state index in [-0.39, 0.29) is 18.1 Å². The third-order valence-electron chi connectivity index (χ3n) is 2.85. The minimum atomic E-state index is -0.686. The predicted octanol–water partition coefficient (Wildman–Crippen LogP) is 2.74. The van der Waals surface area contributed by atoms with E-state index < -0.39 is 6.10 Å². The normalized spacial score (nSPS) is 14.5. The highest BCUT2D eigenvalue weighted by Crippen LogP contribution is 2.08. The summed E-state index contributed by atoms with van der Waals surface area (Å²) in [7, 11) is 0. The Bertz CT molecular complexity index is 398. The zero-order chi connectivity index (χ0) is 14.1. The van der Waals surface area contributed by atoms with Gasteiger partial charge in [0.2, 0.25) is 0 Å². The third kappa shape index (κ3) is 6.32. The Kier molecular flexibility index (Phi) is 7.08. The second-order valence-corrected chi connectivity index (χ2v) is 4.67. The fourth-order valence-electron chi connectivity index (χ4n) is 1.72. The van der Waals surface area contributed by atoms with Gasteiger partial charge in [-0.2, -0.15) is 0 Å². The van der Waals surface area contributed by atoms with Gasteiger partial charge in [-0.25, -0.2) is 0 Å². The molecule has 3 heteroatoms. The largest absolute Gasteiger partial charge is 0.389 e. The third-order valence-corrected chi connectivity index (χ3v) is 2.85. The minimum Gasteiger partial charge on any atom is -0.389 e. The van der Waals surface area contributed by atoms with Gasteiger partial charge in [0.25, 0.3) is 0 Å². The number of carbonyl (C=O) groups excluding carboxylic acids is 1. The fourth-order valence-corrected chi connectivity index (χ4v) is 1.72. The maximum atomic E-state index is 11.8. The monoisotopic (exact) mass is 262 g/mol. The molecule has 0 aliphatic heterocycles. The summed E-state index contributed by atoms with van der Waals surface area (Å²) in [5.74, 6) is -0.165. The summed E-state index contributed by atoms with van der Waals surface area (Å²) >= 11 is 0. The van der Waals surface area contributed by atoms with Crippen LogP contribution < -0.4 is 0 Å². The predicted molar refractivity (Wildman–Crippen MR) is 75.7 cm³/mol. The average Bonchev–Trinajstić information content (AvgIpc) is 2.40. The van der Waals surface area contributed by atoms with Crippen LogP contribution in [0.4, 0.5) is 0 Å². The second kappa shape index (κ2) is 8.62. The van der Waals surface area contributed by atoms with E-state index in [0.717, 1.165) is 5.56 Å². The molecule has 1 aromatic carbocycles. The zero-order valence-corrected chi connectivity index (χ0v) is 11.6. The van der Waals surface area contributed by atoms with Crippen LogP contribution in [0.1, 0.15) is 25.8 Å². The van der Waals surface area contributed by atoms with Gasteiger partial charge in [0.1, 0.15) is 5.78 Å². The molecule has 1 aromatic rings. The van der Waals surface area contributed by atoms with Gasteiger partial charge < -0.3 is 9.84 Å². The van der Waals surface area contributed by atoms with Gasteiger partial charge in [-0.3, -0.25) is 4.79 Å². The van der Waals surface area contributed by atoms with Gasteiger partial charge >= 0.3 is 0 Å². The van der Waals surface area contributed by atoms with E-state index in [0.29, 0.717) is 13.2 Å². The number of hydrogen-bond acceptors (Lipinski definition) is 3. The molecule has 19 heavy (non-hydrogen) atoms. The number of carbonyl (C=O) groups is 1. The number of hydrogen-bond donors (Lipinski definition) is 1. The summed E-state index contributed by atoms with van der Waals surface area (Å²) in [4.78, 5) is 11.8. The number of rotatable bonds is 8. The van der Waals surface area contributed by atoms with Gasteiger partial charge in [-0.05, 0) is 12.5 Å². The van der Waals surface area contributed by atoms with Gasteiger partial charge in [-0.1, -0.05) is 49.4 Å². The standard InChI is InChI=1S/C16H22O3/c1-3-7-15(17)10-16(18)13(2)11-19-12-14-8-5-4-6-9-14/h3-9,13,15,17H,10-12H2,1-2H3/b7-3+/t13-,15-/m1/s1. The first kappa shape index (κ1) is 15.6. The zero-order valence-electron chi connectivity index (χ0n) is 11.6. The minimum absolute atomic E-state index is 0.0265. The molecule has 0 heterocycles. The van der Waals surface area contributed by atoms with E-state index in [4.69, 9.17) is 4.74 Å². The number of ether oxygens (including phenoxy) is 1. The van der Waals surface area contributed by atoms with Crippen LogP contribution in [0.5, 0.6) is 0 Å². The summed E-state index contributed by atoms with van der Waals surface area (Å²) in [6, 6.07) is 9.85. The maximum absolute atomic E-state index is 11.8.